The first kappa shape index (κ1) is 20.9. The number of nitrogens with one attached hydrogen (secondary N) is 1. The van der Waals surface area contributed by atoms with Crippen LogP contribution in [-0.2, 0) is 11.2 Å². The summed E-state index contributed by atoms with van der Waals surface area (Å²) in [5.41, 5.74) is 1.49. The van der Waals surface area contributed by atoms with E-state index in [9.17, 15) is 19.1 Å². The third-order valence-corrected chi connectivity index (χ3v) is 5.32. The predicted molar refractivity (Wildman–Crippen MR) is 111 cm³/mol. The van der Waals surface area contributed by atoms with Crippen molar-refractivity contribution in [2.24, 2.45) is 0 Å². The van der Waals surface area contributed by atoms with Gasteiger partial charge in [0.2, 0.25) is 5.91 Å². The Morgan fingerprint density at radius 2 is 1.86 bits per heavy atom. The molecular weight excluding hydrogens is 395 g/mol. The third-order valence-electron chi connectivity index (χ3n) is 5.07. The lowest BCUT2D eigenvalue weighted by atomic mass is 10.1. The largest absolute Gasteiger partial charge is 0.505 e. The normalized spacial score (nSPS) is 12.2. The molecule has 2 N–H and O–H groups in total. The van der Waals surface area contributed by atoms with Gasteiger partial charge in [-0.3, -0.25) is 14.2 Å². The summed E-state index contributed by atoms with van der Waals surface area (Å²) in [6.45, 7) is 5.49. The van der Waals surface area contributed by atoms with Crippen LogP contribution in [0, 0.1) is 12.7 Å². The van der Waals surface area contributed by atoms with E-state index in [-0.39, 0.29) is 29.7 Å². The monoisotopic (exact) mass is 416 g/mol. The molecule has 0 aliphatic rings. The maximum absolute atomic E-state index is 14.8. The molecule has 0 aliphatic carbocycles. The van der Waals surface area contributed by atoms with Gasteiger partial charge in [0, 0.05) is 27.7 Å². The lowest BCUT2D eigenvalue weighted by molar-refractivity contribution is -0.121. The molecule has 0 bridgehead atoms. The maximum atomic E-state index is 14.8. The summed E-state index contributed by atoms with van der Waals surface area (Å²) in [5, 5.41) is 13.3. The summed E-state index contributed by atoms with van der Waals surface area (Å²) in [6, 6.07) is 9.02. The van der Waals surface area contributed by atoms with Crippen LogP contribution in [0.3, 0.4) is 0 Å². The molecule has 3 aromatic rings. The van der Waals surface area contributed by atoms with Gasteiger partial charge >= 0.3 is 0 Å². The van der Waals surface area contributed by atoms with E-state index in [1.807, 2.05) is 13.8 Å². The number of aromatic hydroxyl groups is 1. The number of hydrogen-bond donors (Lipinski definition) is 2. The molecule has 1 heterocycles. The highest BCUT2D eigenvalue weighted by atomic mass is 35.5. The van der Waals surface area contributed by atoms with Crippen LogP contribution in [0.1, 0.15) is 41.9 Å². The van der Waals surface area contributed by atoms with Crippen molar-refractivity contribution in [3.8, 4) is 5.75 Å². The number of benzene rings is 2. The molecule has 0 fully saturated rings. The molecule has 1 aromatic heterocycles. The van der Waals surface area contributed by atoms with E-state index in [0.717, 1.165) is 6.42 Å². The fourth-order valence-electron chi connectivity index (χ4n) is 3.31. The van der Waals surface area contributed by atoms with Crippen molar-refractivity contribution in [2.45, 2.75) is 39.7 Å². The molecule has 0 spiro atoms. The lowest BCUT2D eigenvalue weighted by Crippen LogP contribution is -2.33. The fourth-order valence-corrected chi connectivity index (χ4v) is 3.44. The summed E-state index contributed by atoms with van der Waals surface area (Å²) in [7, 11) is 0. The zero-order valence-corrected chi connectivity index (χ0v) is 17.2. The first-order chi connectivity index (χ1) is 13.7. The van der Waals surface area contributed by atoms with Gasteiger partial charge in [0.25, 0.3) is 5.91 Å². The van der Waals surface area contributed by atoms with Crippen LogP contribution in [0.2, 0.25) is 5.02 Å². The van der Waals surface area contributed by atoms with E-state index < -0.39 is 11.6 Å². The Kier molecular flexibility index (Phi) is 5.94. The molecule has 0 saturated heterocycles. The average molecular weight is 417 g/mol. The van der Waals surface area contributed by atoms with Crippen molar-refractivity contribution in [3.05, 3.63) is 64.1 Å². The fraction of sp³-hybridized carbons (Fsp3) is 0.273. The zero-order valence-electron chi connectivity index (χ0n) is 16.4. The second-order valence-electron chi connectivity index (χ2n) is 7.06. The Morgan fingerprint density at radius 3 is 2.48 bits per heavy atom. The summed E-state index contributed by atoms with van der Waals surface area (Å²) >= 11 is 5.90. The number of rotatable bonds is 5. The molecule has 29 heavy (non-hydrogen) atoms. The number of fused-ring (bicyclic) bond motifs is 1. The van der Waals surface area contributed by atoms with E-state index in [1.54, 1.807) is 31.2 Å². The van der Waals surface area contributed by atoms with Crippen molar-refractivity contribution in [3.63, 3.8) is 0 Å². The number of amides is 1. The Hall–Kier alpha value is -2.86. The van der Waals surface area contributed by atoms with E-state index >= 15 is 0 Å². The number of nitrogens with zero attached hydrogens (tertiary/aromatic N) is 1. The summed E-state index contributed by atoms with van der Waals surface area (Å²) in [6.07, 6.45) is 0.657. The topological polar surface area (TPSA) is 71.3 Å². The number of carbonyl (C=O) groups is 2. The van der Waals surface area contributed by atoms with Crippen molar-refractivity contribution < 1.29 is 19.1 Å². The van der Waals surface area contributed by atoms with Crippen LogP contribution in [0.15, 0.2) is 36.4 Å². The molecule has 152 valence electrons. The smallest absolute Gasteiger partial charge is 0.262 e. The van der Waals surface area contributed by atoms with E-state index in [0.29, 0.717) is 27.4 Å². The van der Waals surface area contributed by atoms with Gasteiger partial charge in [0.15, 0.2) is 11.6 Å². The van der Waals surface area contributed by atoms with E-state index in [1.165, 1.54) is 16.7 Å². The number of aromatic nitrogens is 1. The summed E-state index contributed by atoms with van der Waals surface area (Å²) < 4.78 is 16.2. The second kappa shape index (κ2) is 8.25. The van der Waals surface area contributed by atoms with Crippen LogP contribution < -0.4 is 5.32 Å². The highest BCUT2D eigenvalue weighted by Crippen LogP contribution is 2.33. The Bertz CT molecular complexity index is 1090. The Morgan fingerprint density at radius 1 is 1.21 bits per heavy atom. The first-order valence-corrected chi connectivity index (χ1v) is 9.73. The third kappa shape index (κ3) is 3.98. The number of carbonyl (C=O) groups excluding carboxylic acids is 2. The maximum Gasteiger partial charge on any atom is 0.262 e. The van der Waals surface area contributed by atoms with Gasteiger partial charge in [-0.25, -0.2) is 4.39 Å². The molecule has 7 heteroatoms. The molecule has 1 atom stereocenters. The van der Waals surface area contributed by atoms with Gasteiger partial charge in [-0.05, 0) is 62.2 Å². The van der Waals surface area contributed by atoms with Crippen LogP contribution >= 0.6 is 11.6 Å². The quantitative estimate of drug-likeness (QED) is 0.638. The minimum Gasteiger partial charge on any atom is -0.505 e. The highest BCUT2D eigenvalue weighted by Gasteiger charge is 2.25. The Balaban J connectivity index is 2.15. The summed E-state index contributed by atoms with van der Waals surface area (Å²) in [5.74, 6) is -2.03. The van der Waals surface area contributed by atoms with Crippen LogP contribution in [0.25, 0.3) is 10.9 Å². The van der Waals surface area contributed by atoms with Crippen molar-refractivity contribution >= 4 is 34.3 Å². The zero-order chi connectivity index (χ0) is 21.3. The number of hydrogen-bond acceptors (Lipinski definition) is 3. The predicted octanol–water partition coefficient (Wildman–Crippen LogP) is 4.59. The molecular formula is C22H22ClFN2O3. The number of phenolic OH excluding ortho intramolecular Hbond substituents is 1. The van der Waals surface area contributed by atoms with Gasteiger partial charge in [-0.2, -0.15) is 0 Å². The lowest BCUT2D eigenvalue weighted by Gasteiger charge is -2.12. The molecule has 0 radical (unpaired) electrons. The van der Waals surface area contributed by atoms with Gasteiger partial charge in [0.05, 0.1) is 11.9 Å². The van der Waals surface area contributed by atoms with Crippen LogP contribution in [0.4, 0.5) is 4.39 Å². The molecule has 5 nitrogen and oxygen atoms in total. The Labute approximate surface area is 173 Å². The van der Waals surface area contributed by atoms with Crippen LogP contribution in [0.5, 0.6) is 5.75 Å². The van der Waals surface area contributed by atoms with Gasteiger partial charge in [-0.15, -0.1) is 0 Å². The molecule has 0 saturated carbocycles. The standard InChI is InChI=1S/C22H22ClFN2O3/c1-4-12(2)25-19(28)11-16-13(3)26(17-9-10-18(27)21(24)20(16)17)22(29)14-5-7-15(23)8-6-14/h5-10,12,27H,4,11H2,1-3H3,(H,25,28)/t12-/m0/s1. The van der Waals surface area contributed by atoms with Gasteiger partial charge in [0.1, 0.15) is 0 Å². The van der Waals surface area contributed by atoms with Crippen molar-refractivity contribution in [2.75, 3.05) is 0 Å². The van der Waals surface area contributed by atoms with E-state index in [2.05, 4.69) is 5.32 Å². The minimum atomic E-state index is -0.848. The van der Waals surface area contributed by atoms with E-state index in [4.69, 9.17) is 11.6 Å². The molecule has 3 rings (SSSR count). The van der Waals surface area contributed by atoms with Crippen molar-refractivity contribution in [1.29, 1.82) is 0 Å². The SMILES string of the molecule is CC[C@H](C)NC(=O)Cc1c(C)n(C(=O)c2ccc(Cl)cc2)c2ccc(O)c(F)c12. The van der Waals surface area contributed by atoms with Crippen LogP contribution in [-0.4, -0.2) is 27.5 Å². The van der Waals surface area contributed by atoms with Crippen molar-refractivity contribution in [1.82, 2.24) is 9.88 Å². The average Bonchev–Trinajstić information content (AvgIpc) is 2.96. The highest BCUT2D eigenvalue weighted by molar-refractivity contribution is 6.30. The number of phenols is 1. The van der Waals surface area contributed by atoms with Gasteiger partial charge < -0.3 is 10.4 Å². The summed E-state index contributed by atoms with van der Waals surface area (Å²) in [4.78, 5) is 25.6. The molecule has 1 amide bonds. The minimum absolute atomic E-state index is 0.0231. The first-order valence-electron chi connectivity index (χ1n) is 9.35. The molecule has 0 aliphatic heterocycles. The van der Waals surface area contributed by atoms with Gasteiger partial charge in [-0.1, -0.05) is 18.5 Å². The second-order valence-corrected chi connectivity index (χ2v) is 7.49. The molecule has 2 aromatic carbocycles. The molecule has 0 unspecified atom stereocenters. The number of halogens is 2.